The minimum absolute atomic E-state index is 0.377. The first-order valence-corrected chi connectivity index (χ1v) is 9.38. The topological polar surface area (TPSA) is 81.7 Å². The fraction of sp³-hybridized carbons (Fsp3) is 0.450. The van der Waals surface area contributed by atoms with Crippen LogP contribution in [0.25, 0.3) is 17.0 Å². The highest BCUT2D eigenvalue weighted by molar-refractivity contribution is 5.91. The number of nitrogens with one attached hydrogen (secondary N) is 1. The van der Waals surface area contributed by atoms with Crippen LogP contribution < -0.4 is 5.32 Å². The fourth-order valence-electron chi connectivity index (χ4n) is 3.78. The van der Waals surface area contributed by atoms with Crippen LogP contribution in [0, 0.1) is 13.8 Å². The van der Waals surface area contributed by atoms with Crippen LogP contribution in [0.1, 0.15) is 54.1 Å². The quantitative estimate of drug-likeness (QED) is 0.697. The van der Waals surface area contributed by atoms with Gasteiger partial charge in [0.15, 0.2) is 5.89 Å². The summed E-state index contributed by atoms with van der Waals surface area (Å²) in [6.07, 6.45) is 7.90. The maximum absolute atomic E-state index is 11.9. The second-order valence-electron chi connectivity index (χ2n) is 7.06. The molecule has 0 spiro atoms. The summed E-state index contributed by atoms with van der Waals surface area (Å²) >= 11 is 0. The summed E-state index contributed by atoms with van der Waals surface area (Å²) in [7, 11) is 1.38. The van der Waals surface area contributed by atoms with Crippen molar-refractivity contribution in [2.45, 2.75) is 52.0 Å². The highest BCUT2D eigenvalue weighted by Gasteiger charge is 2.23. The van der Waals surface area contributed by atoms with E-state index in [2.05, 4.69) is 10.3 Å². The molecule has 0 bridgehead atoms. The van der Waals surface area contributed by atoms with Gasteiger partial charge in [-0.05, 0) is 31.9 Å². The van der Waals surface area contributed by atoms with Crippen molar-refractivity contribution >= 4 is 17.4 Å². The molecule has 0 aromatic carbocycles. The Hall–Kier alpha value is -2.83. The van der Waals surface area contributed by atoms with Crippen molar-refractivity contribution in [3.05, 3.63) is 35.5 Å². The molecule has 3 aromatic rings. The van der Waals surface area contributed by atoms with E-state index in [-0.39, 0.29) is 5.97 Å². The number of oxazole rings is 1. The number of hydrogen-bond acceptors (Lipinski definition) is 6. The zero-order valence-corrected chi connectivity index (χ0v) is 15.9. The van der Waals surface area contributed by atoms with Gasteiger partial charge in [0.25, 0.3) is 0 Å². The highest BCUT2D eigenvalue weighted by Crippen LogP contribution is 2.33. The molecular formula is C20H24N4O3. The van der Waals surface area contributed by atoms with Crippen LogP contribution in [0.3, 0.4) is 0 Å². The van der Waals surface area contributed by atoms with Crippen molar-refractivity contribution < 1.29 is 13.9 Å². The number of hydrogen-bond donors (Lipinski definition) is 1. The second-order valence-corrected chi connectivity index (χ2v) is 7.06. The molecule has 0 amide bonds. The van der Waals surface area contributed by atoms with Crippen molar-refractivity contribution in [3.8, 4) is 11.4 Å². The lowest BCUT2D eigenvalue weighted by atomic mass is 9.95. The van der Waals surface area contributed by atoms with E-state index in [0.717, 1.165) is 35.8 Å². The number of aryl methyl sites for hydroxylation is 2. The van der Waals surface area contributed by atoms with Gasteiger partial charge in [0, 0.05) is 19.2 Å². The lowest BCUT2D eigenvalue weighted by molar-refractivity contribution is 0.0600. The zero-order chi connectivity index (χ0) is 19.0. The Morgan fingerprint density at radius 2 is 2.00 bits per heavy atom. The van der Waals surface area contributed by atoms with E-state index in [1.807, 2.05) is 24.4 Å². The molecule has 7 nitrogen and oxygen atoms in total. The predicted octanol–water partition coefficient (Wildman–Crippen LogP) is 4.14. The highest BCUT2D eigenvalue weighted by atomic mass is 16.5. The average Bonchev–Trinajstić information content (AvgIpc) is 3.20. The van der Waals surface area contributed by atoms with Gasteiger partial charge in [-0.15, -0.1) is 0 Å². The molecular weight excluding hydrogens is 344 g/mol. The number of aromatic nitrogens is 3. The second kappa shape index (κ2) is 7.06. The number of methoxy groups -OCH3 is 1. The molecule has 1 fully saturated rings. The van der Waals surface area contributed by atoms with E-state index in [9.17, 15) is 4.79 Å². The number of nitrogens with zero attached hydrogens (tertiary/aromatic N) is 3. The van der Waals surface area contributed by atoms with E-state index in [4.69, 9.17) is 14.1 Å². The summed E-state index contributed by atoms with van der Waals surface area (Å²) in [4.78, 5) is 21.2. The first-order valence-electron chi connectivity index (χ1n) is 9.38. The number of ether oxygens (including phenoxy) is 1. The summed E-state index contributed by atoms with van der Waals surface area (Å²) in [6, 6.07) is 3.90. The first kappa shape index (κ1) is 17.6. The number of imidazole rings is 1. The van der Waals surface area contributed by atoms with Crippen molar-refractivity contribution in [3.63, 3.8) is 0 Å². The molecule has 3 aromatic heterocycles. The van der Waals surface area contributed by atoms with Crippen LogP contribution in [0.5, 0.6) is 0 Å². The standard InChI is InChI=1S/C20H24N4O3/c1-12-17(21-13(2)27-12)18-19(22-15-7-5-4-6-8-15)24-10-9-14(20(25)26-3)11-16(24)23-18/h9-11,15,22H,4-8H2,1-3H3. The molecule has 0 aliphatic heterocycles. The summed E-state index contributed by atoms with van der Waals surface area (Å²) in [6.45, 7) is 3.72. The Kier molecular flexibility index (Phi) is 4.59. The van der Waals surface area contributed by atoms with E-state index < -0.39 is 0 Å². The normalized spacial score (nSPS) is 15.2. The van der Waals surface area contributed by atoms with Gasteiger partial charge in [-0.3, -0.25) is 4.40 Å². The van der Waals surface area contributed by atoms with E-state index >= 15 is 0 Å². The van der Waals surface area contributed by atoms with Crippen LogP contribution in [-0.4, -0.2) is 33.5 Å². The van der Waals surface area contributed by atoms with Crippen LogP contribution >= 0.6 is 0 Å². The molecule has 0 unspecified atom stereocenters. The Labute approximate surface area is 157 Å². The Morgan fingerprint density at radius 3 is 2.67 bits per heavy atom. The summed E-state index contributed by atoms with van der Waals surface area (Å²) < 4.78 is 12.4. The summed E-state index contributed by atoms with van der Waals surface area (Å²) in [5.74, 6) is 1.86. The first-order chi connectivity index (χ1) is 13.1. The third-order valence-corrected chi connectivity index (χ3v) is 5.12. The molecule has 1 aliphatic rings. The van der Waals surface area contributed by atoms with Crippen LogP contribution in [0.4, 0.5) is 5.82 Å². The van der Waals surface area contributed by atoms with Gasteiger partial charge < -0.3 is 14.5 Å². The average molecular weight is 368 g/mol. The number of pyridine rings is 1. The molecule has 142 valence electrons. The van der Waals surface area contributed by atoms with Crippen molar-refractivity contribution in [2.24, 2.45) is 0 Å². The molecule has 0 radical (unpaired) electrons. The van der Waals surface area contributed by atoms with E-state index in [1.165, 1.54) is 26.4 Å². The van der Waals surface area contributed by atoms with Gasteiger partial charge in [-0.2, -0.15) is 0 Å². The minimum Gasteiger partial charge on any atom is -0.465 e. The van der Waals surface area contributed by atoms with E-state index in [1.54, 1.807) is 12.1 Å². The lowest BCUT2D eigenvalue weighted by Crippen LogP contribution is -2.23. The van der Waals surface area contributed by atoms with Crippen LogP contribution in [0.2, 0.25) is 0 Å². The molecule has 27 heavy (non-hydrogen) atoms. The van der Waals surface area contributed by atoms with Gasteiger partial charge in [-0.1, -0.05) is 19.3 Å². The molecule has 1 aliphatic carbocycles. The summed E-state index contributed by atoms with van der Waals surface area (Å²) in [5.41, 5.74) is 2.62. The van der Waals surface area contributed by atoms with Gasteiger partial charge in [0.1, 0.15) is 28.6 Å². The number of fused-ring (bicyclic) bond motifs is 1. The zero-order valence-electron chi connectivity index (χ0n) is 15.9. The van der Waals surface area contributed by atoms with E-state index in [0.29, 0.717) is 23.1 Å². The van der Waals surface area contributed by atoms with Gasteiger partial charge in [0.05, 0.1) is 12.7 Å². The van der Waals surface area contributed by atoms with Crippen molar-refractivity contribution in [1.82, 2.24) is 14.4 Å². The van der Waals surface area contributed by atoms with Crippen LogP contribution in [-0.2, 0) is 4.74 Å². The van der Waals surface area contributed by atoms with Gasteiger partial charge in [-0.25, -0.2) is 14.8 Å². The molecule has 0 atom stereocenters. The number of esters is 1. The number of carbonyl (C=O) groups is 1. The molecule has 0 saturated heterocycles. The number of rotatable bonds is 4. The molecule has 3 heterocycles. The molecule has 1 N–H and O–H groups in total. The maximum Gasteiger partial charge on any atom is 0.338 e. The number of anilines is 1. The van der Waals surface area contributed by atoms with Crippen LogP contribution in [0.15, 0.2) is 22.7 Å². The largest absolute Gasteiger partial charge is 0.465 e. The summed E-state index contributed by atoms with van der Waals surface area (Å²) in [5, 5.41) is 3.67. The Bertz CT molecular complexity index is 983. The monoisotopic (exact) mass is 368 g/mol. The van der Waals surface area contributed by atoms with Gasteiger partial charge >= 0.3 is 5.97 Å². The van der Waals surface area contributed by atoms with Crippen molar-refractivity contribution in [2.75, 3.05) is 12.4 Å². The fourth-order valence-corrected chi connectivity index (χ4v) is 3.78. The predicted molar refractivity (Wildman–Crippen MR) is 102 cm³/mol. The maximum atomic E-state index is 11.9. The third kappa shape index (κ3) is 3.29. The SMILES string of the molecule is COC(=O)c1ccn2c(NC3CCCCC3)c(-c3nc(C)oc3C)nc2c1. The lowest BCUT2D eigenvalue weighted by Gasteiger charge is -2.24. The molecule has 7 heteroatoms. The smallest absolute Gasteiger partial charge is 0.338 e. The Morgan fingerprint density at radius 1 is 1.22 bits per heavy atom. The van der Waals surface area contributed by atoms with Gasteiger partial charge in [0.2, 0.25) is 0 Å². The third-order valence-electron chi connectivity index (χ3n) is 5.12. The number of carbonyl (C=O) groups excluding carboxylic acids is 1. The minimum atomic E-state index is -0.377. The molecule has 4 rings (SSSR count). The molecule has 1 saturated carbocycles. The Balaban J connectivity index is 1.84. The van der Waals surface area contributed by atoms with Crippen molar-refractivity contribution in [1.29, 1.82) is 0 Å².